The molecule has 2 fully saturated rings. The summed E-state index contributed by atoms with van der Waals surface area (Å²) in [5, 5.41) is 0. The Balaban J connectivity index is 1.46. The Hall–Kier alpha value is -2.08. The number of nitrogens with zero attached hydrogens (tertiary/aromatic N) is 2. The highest BCUT2D eigenvalue weighted by Gasteiger charge is 2.38. The average molecular weight is 403 g/mol. The Morgan fingerprint density at radius 3 is 2.21 bits per heavy atom. The fraction of sp³-hybridized carbons (Fsp3) is 0.652. The highest BCUT2D eigenvalue weighted by atomic mass is 16.6. The van der Waals surface area contributed by atoms with Crippen LogP contribution in [0, 0.1) is 5.41 Å². The molecule has 0 aliphatic carbocycles. The molecule has 0 N–H and O–H groups in total. The molecular formula is C23H34N2O4. The van der Waals surface area contributed by atoms with E-state index in [4.69, 9.17) is 9.47 Å². The van der Waals surface area contributed by atoms with E-state index in [-0.39, 0.29) is 17.5 Å². The van der Waals surface area contributed by atoms with Crippen LogP contribution < -0.4 is 0 Å². The molecule has 0 unspecified atom stereocenters. The maximum atomic E-state index is 12.1. The topological polar surface area (TPSA) is 59.1 Å². The molecule has 6 heteroatoms. The maximum absolute atomic E-state index is 12.1. The third-order valence-electron chi connectivity index (χ3n) is 6.03. The molecule has 1 aromatic rings. The molecule has 160 valence electrons. The first-order chi connectivity index (χ1) is 13.6. The summed E-state index contributed by atoms with van der Waals surface area (Å²) in [5.74, 6) is 0.287. The number of ether oxygens (including phenoxy) is 2. The summed E-state index contributed by atoms with van der Waals surface area (Å²) in [5.41, 5.74) is 1.75. The van der Waals surface area contributed by atoms with Crippen molar-refractivity contribution in [1.82, 2.24) is 9.80 Å². The Labute approximate surface area is 174 Å². The first-order valence-electron chi connectivity index (χ1n) is 10.5. The summed E-state index contributed by atoms with van der Waals surface area (Å²) in [6.45, 7) is 11.8. The van der Waals surface area contributed by atoms with Crippen molar-refractivity contribution in [1.29, 1.82) is 0 Å². The van der Waals surface area contributed by atoms with Crippen LogP contribution in [-0.4, -0.2) is 60.8 Å². The predicted molar refractivity (Wildman–Crippen MR) is 112 cm³/mol. The molecular weight excluding hydrogens is 368 g/mol. The molecule has 6 nitrogen and oxygen atoms in total. The predicted octanol–water partition coefficient (Wildman–Crippen LogP) is 3.80. The van der Waals surface area contributed by atoms with Crippen LogP contribution in [0.3, 0.4) is 0 Å². The van der Waals surface area contributed by atoms with Crippen molar-refractivity contribution < 1.29 is 19.1 Å². The van der Waals surface area contributed by atoms with E-state index in [9.17, 15) is 9.59 Å². The van der Waals surface area contributed by atoms with Crippen LogP contribution in [0.25, 0.3) is 0 Å². The number of carbonyl (C=O) groups excluding carboxylic acids is 2. The first-order valence-corrected chi connectivity index (χ1v) is 10.5. The lowest BCUT2D eigenvalue weighted by Gasteiger charge is -2.40. The summed E-state index contributed by atoms with van der Waals surface area (Å²) in [7, 11) is 1.47. The number of methoxy groups -OCH3 is 1. The van der Waals surface area contributed by atoms with E-state index in [0.717, 1.165) is 32.5 Å². The van der Waals surface area contributed by atoms with Gasteiger partial charge in [0.1, 0.15) is 5.60 Å². The van der Waals surface area contributed by atoms with Crippen LogP contribution >= 0.6 is 0 Å². The molecule has 1 amide bonds. The second-order valence-electron chi connectivity index (χ2n) is 9.65. The van der Waals surface area contributed by atoms with E-state index >= 15 is 0 Å². The molecule has 0 spiro atoms. The molecule has 2 heterocycles. The van der Waals surface area contributed by atoms with Gasteiger partial charge < -0.3 is 14.4 Å². The third-order valence-corrected chi connectivity index (χ3v) is 6.03. The Morgan fingerprint density at radius 2 is 1.69 bits per heavy atom. The fourth-order valence-electron chi connectivity index (χ4n) is 3.97. The average Bonchev–Trinajstić information content (AvgIpc) is 2.61. The lowest BCUT2D eigenvalue weighted by molar-refractivity contribution is -0.154. The second-order valence-corrected chi connectivity index (χ2v) is 9.65. The molecule has 0 radical (unpaired) electrons. The van der Waals surface area contributed by atoms with Crippen LogP contribution in [0.1, 0.15) is 57.6 Å². The summed E-state index contributed by atoms with van der Waals surface area (Å²) in [4.78, 5) is 28.2. The number of hydrogen-bond acceptors (Lipinski definition) is 5. The van der Waals surface area contributed by atoms with E-state index in [1.807, 2.05) is 27.7 Å². The van der Waals surface area contributed by atoms with E-state index < -0.39 is 5.60 Å². The third kappa shape index (κ3) is 5.30. The normalized spacial score (nSPS) is 20.1. The van der Waals surface area contributed by atoms with Crippen molar-refractivity contribution in [2.24, 2.45) is 5.41 Å². The SMILES string of the molecule is COC(=O)C1(C)CCN(Cc2ccc(C3CN(C(=O)OC(C)(C)C)C3)cc2)CC1. The zero-order valence-electron chi connectivity index (χ0n) is 18.4. The number of likely N-dealkylation sites (tertiary alicyclic amines) is 2. The van der Waals surface area contributed by atoms with Gasteiger partial charge in [0.2, 0.25) is 0 Å². The van der Waals surface area contributed by atoms with E-state index in [1.165, 1.54) is 18.2 Å². The van der Waals surface area contributed by atoms with Crippen molar-refractivity contribution in [3.05, 3.63) is 35.4 Å². The van der Waals surface area contributed by atoms with Crippen LogP contribution in [0.15, 0.2) is 24.3 Å². The number of esters is 1. The molecule has 0 saturated carbocycles. The van der Waals surface area contributed by atoms with Gasteiger partial charge in [-0.05, 0) is 64.8 Å². The van der Waals surface area contributed by atoms with Gasteiger partial charge in [-0.2, -0.15) is 0 Å². The van der Waals surface area contributed by atoms with Crippen LogP contribution in [0.5, 0.6) is 0 Å². The lowest BCUT2D eigenvalue weighted by Crippen LogP contribution is -2.50. The van der Waals surface area contributed by atoms with E-state index in [2.05, 4.69) is 29.2 Å². The van der Waals surface area contributed by atoms with E-state index in [1.54, 1.807) is 4.90 Å². The lowest BCUT2D eigenvalue weighted by atomic mass is 9.80. The van der Waals surface area contributed by atoms with Gasteiger partial charge >= 0.3 is 12.1 Å². The first kappa shape index (κ1) is 21.6. The highest BCUT2D eigenvalue weighted by molar-refractivity contribution is 5.76. The molecule has 2 aliphatic heterocycles. The minimum Gasteiger partial charge on any atom is -0.469 e. The molecule has 0 atom stereocenters. The van der Waals surface area contributed by atoms with Crippen LogP contribution in [0.2, 0.25) is 0 Å². The number of piperidine rings is 1. The molecule has 0 bridgehead atoms. The maximum Gasteiger partial charge on any atom is 0.410 e. The number of carbonyl (C=O) groups is 2. The van der Waals surface area contributed by atoms with Gasteiger partial charge in [-0.1, -0.05) is 24.3 Å². The highest BCUT2D eigenvalue weighted by Crippen LogP contribution is 2.33. The Kier molecular flexibility index (Phi) is 6.22. The molecule has 2 saturated heterocycles. The second kappa shape index (κ2) is 8.34. The fourth-order valence-corrected chi connectivity index (χ4v) is 3.97. The number of rotatable bonds is 4. The van der Waals surface area contributed by atoms with Gasteiger partial charge in [0.05, 0.1) is 12.5 Å². The molecule has 29 heavy (non-hydrogen) atoms. The van der Waals surface area contributed by atoms with Crippen molar-refractivity contribution >= 4 is 12.1 Å². The van der Waals surface area contributed by atoms with Gasteiger partial charge in [-0.15, -0.1) is 0 Å². The van der Waals surface area contributed by atoms with E-state index in [0.29, 0.717) is 19.0 Å². The molecule has 3 rings (SSSR count). The van der Waals surface area contributed by atoms with Crippen molar-refractivity contribution in [2.75, 3.05) is 33.3 Å². The van der Waals surface area contributed by atoms with Crippen molar-refractivity contribution in [2.45, 2.75) is 58.6 Å². The minimum atomic E-state index is -0.452. The summed E-state index contributed by atoms with van der Waals surface area (Å²) < 4.78 is 10.4. The van der Waals surface area contributed by atoms with Gasteiger partial charge in [-0.25, -0.2) is 4.79 Å². The quantitative estimate of drug-likeness (QED) is 0.717. The van der Waals surface area contributed by atoms with Crippen molar-refractivity contribution in [3.8, 4) is 0 Å². The van der Waals surface area contributed by atoms with Gasteiger partial charge in [0.15, 0.2) is 0 Å². The Bertz CT molecular complexity index is 724. The van der Waals surface area contributed by atoms with Crippen LogP contribution in [-0.2, 0) is 20.8 Å². The molecule has 0 aromatic heterocycles. The molecule has 1 aromatic carbocycles. The minimum absolute atomic E-state index is 0.0950. The largest absolute Gasteiger partial charge is 0.469 e. The van der Waals surface area contributed by atoms with Gasteiger partial charge in [-0.3, -0.25) is 9.69 Å². The smallest absolute Gasteiger partial charge is 0.410 e. The summed E-state index contributed by atoms with van der Waals surface area (Å²) in [6, 6.07) is 8.71. The van der Waals surface area contributed by atoms with Gasteiger partial charge in [0, 0.05) is 25.6 Å². The van der Waals surface area contributed by atoms with Crippen molar-refractivity contribution in [3.63, 3.8) is 0 Å². The standard InChI is InChI=1S/C23H34N2O4/c1-22(2,3)29-21(27)25-15-19(16-25)18-8-6-17(7-9-18)14-24-12-10-23(4,11-13-24)20(26)28-5/h6-9,19H,10-16H2,1-5H3. The summed E-state index contributed by atoms with van der Waals surface area (Å²) >= 11 is 0. The number of amides is 1. The van der Waals surface area contributed by atoms with Crippen LogP contribution in [0.4, 0.5) is 4.79 Å². The number of hydrogen-bond donors (Lipinski definition) is 0. The van der Waals surface area contributed by atoms with Gasteiger partial charge in [0.25, 0.3) is 0 Å². The Morgan fingerprint density at radius 1 is 1.10 bits per heavy atom. The summed E-state index contributed by atoms with van der Waals surface area (Å²) in [6.07, 6.45) is 1.44. The monoisotopic (exact) mass is 402 g/mol. The zero-order chi connectivity index (χ0) is 21.2. The number of benzene rings is 1. The molecule has 2 aliphatic rings. The zero-order valence-corrected chi connectivity index (χ0v) is 18.4.